The molecular formula is C26H24N4O2S. The number of benzene rings is 3. The fraction of sp³-hybridized carbons (Fsp3) is 0.154. The summed E-state index contributed by atoms with van der Waals surface area (Å²) in [5, 5.41) is 15.0. The zero-order valence-corrected chi connectivity index (χ0v) is 19.0. The molecular weight excluding hydrogens is 432 g/mol. The smallest absolute Gasteiger partial charge is 0.259 e. The third-order valence-electron chi connectivity index (χ3n) is 5.23. The van der Waals surface area contributed by atoms with Crippen molar-refractivity contribution in [1.29, 1.82) is 0 Å². The second-order valence-corrected chi connectivity index (χ2v) is 8.54. The van der Waals surface area contributed by atoms with Crippen LogP contribution in [0.5, 0.6) is 0 Å². The summed E-state index contributed by atoms with van der Waals surface area (Å²) in [6, 6.07) is 26.9. The molecule has 1 heterocycles. The van der Waals surface area contributed by atoms with Crippen LogP contribution in [-0.4, -0.2) is 22.0 Å². The van der Waals surface area contributed by atoms with Gasteiger partial charge < -0.3 is 5.32 Å². The molecule has 0 unspecified atom stereocenters. The molecule has 0 saturated heterocycles. The predicted molar refractivity (Wildman–Crippen MR) is 132 cm³/mol. The molecule has 166 valence electrons. The second kappa shape index (κ2) is 10.7. The molecule has 0 radical (unpaired) electrons. The molecule has 33 heavy (non-hydrogen) atoms. The lowest BCUT2D eigenvalue weighted by molar-refractivity contribution is -0.116. The molecule has 4 aromatic rings. The molecule has 3 aromatic carbocycles. The Morgan fingerprint density at radius 2 is 1.42 bits per heavy atom. The van der Waals surface area contributed by atoms with Gasteiger partial charge in [-0.1, -0.05) is 91.1 Å². The largest absolute Gasteiger partial charge is 0.325 e. The van der Waals surface area contributed by atoms with E-state index in [1.165, 1.54) is 11.3 Å². The van der Waals surface area contributed by atoms with Crippen molar-refractivity contribution < 1.29 is 9.59 Å². The van der Waals surface area contributed by atoms with Crippen molar-refractivity contribution in [3.63, 3.8) is 0 Å². The zero-order valence-electron chi connectivity index (χ0n) is 18.2. The van der Waals surface area contributed by atoms with Crippen LogP contribution in [0.2, 0.25) is 0 Å². The lowest BCUT2D eigenvalue weighted by Gasteiger charge is -2.18. The van der Waals surface area contributed by atoms with Gasteiger partial charge in [-0.05, 0) is 29.7 Å². The van der Waals surface area contributed by atoms with Crippen molar-refractivity contribution >= 4 is 34.0 Å². The summed E-state index contributed by atoms with van der Waals surface area (Å²) in [4.78, 5) is 25.9. The molecule has 0 bridgehead atoms. The van der Waals surface area contributed by atoms with Crippen LogP contribution in [0.3, 0.4) is 0 Å². The van der Waals surface area contributed by atoms with Gasteiger partial charge in [-0.25, -0.2) is 0 Å². The maximum Gasteiger partial charge on any atom is 0.259 e. The van der Waals surface area contributed by atoms with E-state index in [4.69, 9.17) is 0 Å². The Labute approximate surface area is 196 Å². The van der Waals surface area contributed by atoms with Gasteiger partial charge in [-0.3, -0.25) is 14.9 Å². The summed E-state index contributed by atoms with van der Waals surface area (Å²) in [5.74, 6) is -0.605. The summed E-state index contributed by atoms with van der Waals surface area (Å²) in [5.41, 5.74) is 2.95. The number of hydrogen-bond donors (Lipinski definition) is 2. The Balaban J connectivity index is 1.51. The summed E-state index contributed by atoms with van der Waals surface area (Å²) < 4.78 is 0. The lowest BCUT2D eigenvalue weighted by Crippen LogP contribution is -2.20. The fourth-order valence-corrected chi connectivity index (χ4v) is 4.26. The quantitative estimate of drug-likeness (QED) is 0.366. The monoisotopic (exact) mass is 456 g/mol. The number of aromatic nitrogens is 2. The minimum absolute atomic E-state index is 0.0951. The van der Waals surface area contributed by atoms with Gasteiger partial charge >= 0.3 is 0 Å². The predicted octanol–water partition coefficient (Wildman–Crippen LogP) is 5.51. The molecule has 0 saturated carbocycles. The summed E-state index contributed by atoms with van der Waals surface area (Å²) in [6.45, 7) is 1.98. The van der Waals surface area contributed by atoms with Crippen molar-refractivity contribution in [2.24, 2.45) is 0 Å². The van der Waals surface area contributed by atoms with E-state index < -0.39 is 0 Å². The van der Waals surface area contributed by atoms with Gasteiger partial charge in [0, 0.05) is 12.3 Å². The minimum atomic E-state index is -0.340. The van der Waals surface area contributed by atoms with Gasteiger partial charge in [0.2, 0.25) is 11.0 Å². The SMILES string of the molecule is CCc1nnc(NC(=O)c2ccccc2NC(=O)CC(c2ccccc2)c2ccccc2)s1. The number of carbonyl (C=O) groups is 2. The summed E-state index contributed by atoms with van der Waals surface area (Å²) >= 11 is 1.34. The zero-order chi connectivity index (χ0) is 23.0. The highest BCUT2D eigenvalue weighted by Gasteiger charge is 2.20. The van der Waals surface area contributed by atoms with E-state index in [1.807, 2.05) is 67.6 Å². The molecule has 0 atom stereocenters. The van der Waals surface area contributed by atoms with E-state index in [-0.39, 0.29) is 24.2 Å². The van der Waals surface area contributed by atoms with Crippen LogP contribution in [0.1, 0.15) is 45.8 Å². The summed E-state index contributed by atoms with van der Waals surface area (Å²) in [6.07, 6.45) is 1.00. The molecule has 1 aromatic heterocycles. The maximum absolute atomic E-state index is 13.1. The van der Waals surface area contributed by atoms with Gasteiger partial charge in [0.1, 0.15) is 5.01 Å². The van der Waals surface area contributed by atoms with E-state index in [1.54, 1.807) is 24.3 Å². The Kier molecular flexibility index (Phi) is 7.22. The van der Waals surface area contributed by atoms with Crippen molar-refractivity contribution in [3.8, 4) is 0 Å². The van der Waals surface area contributed by atoms with Crippen LogP contribution in [0.4, 0.5) is 10.8 Å². The van der Waals surface area contributed by atoms with Gasteiger partial charge in [0.25, 0.3) is 5.91 Å². The molecule has 2 amide bonds. The number of carbonyl (C=O) groups excluding carboxylic acids is 2. The van der Waals surface area contributed by atoms with Gasteiger partial charge in [-0.15, -0.1) is 10.2 Å². The molecule has 0 aliphatic rings. The number of rotatable bonds is 8. The van der Waals surface area contributed by atoms with Gasteiger partial charge in [0.15, 0.2) is 0 Å². The number of anilines is 2. The average molecular weight is 457 g/mol. The molecule has 0 spiro atoms. The highest BCUT2D eigenvalue weighted by molar-refractivity contribution is 7.15. The normalized spacial score (nSPS) is 10.7. The van der Waals surface area contributed by atoms with E-state index in [9.17, 15) is 9.59 Å². The molecule has 4 rings (SSSR count). The van der Waals surface area contributed by atoms with Crippen LogP contribution in [0, 0.1) is 0 Å². The van der Waals surface area contributed by atoms with Crippen LogP contribution in [0.15, 0.2) is 84.9 Å². The van der Waals surface area contributed by atoms with E-state index in [0.29, 0.717) is 16.4 Å². The molecule has 2 N–H and O–H groups in total. The first-order valence-electron chi connectivity index (χ1n) is 10.8. The second-order valence-electron chi connectivity index (χ2n) is 7.48. The Bertz CT molecular complexity index is 1190. The summed E-state index contributed by atoms with van der Waals surface area (Å²) in [7, 11) is 0. The third kappa shape index (κ3) is 5.70. The van der Waals surface area contributed by atoms with Crippen LogP contribution >= 0.6 is 11.3 Å². The van der Waals surface area contributed by atoms with E-state index in [0.717, 1.165) is 22.6 Å². The fourth-order valence-electron chi connectivity index (χ4n) is 3.59. The topological polar surface area (TPSA) is 84.0 Å². The highest BCUT2D eigenvalue weighted by atomic mass is 32.1. The van der Waals surface area contributed by atoms with Gasteiger partial charge in [-0.2, -0.15) is 0 Å². The van der Waals surface area contributed by atoms with Crippen LogP contribution in [-0.2, 0) is 11.2 Å². The Morgan fingerprint density at radius 1 is 0.818 bits per heavy atom. The van der Waals surface area contributed by atoms with Crippen molar-refractivity contribution in [2.75, 3.05) is 10.6 Å². The number of nitrogens with one attached hydrogen (secondary N) is 2. The van der Waals surface area contributed by atoms with Gasteiger partial charge in [0.05, 0.1) is 11.3 Å². The van der Waals surface area contributed by atoms with Crippen LogP contribution in [0.25, 0.3) is 0 Å². The molecule has 6 nitrogen and oxygen atoms in total. The maximum atomic E-state index is 13.1. The Morgan fingerprint density at radius 3 is 2.03 bits per heavy atom. The van der Waals surface area contributed by atoms with Crippen molar-refractivity contribution in [3.05, 3.63) is 107 Å². The lowest BCUT2D eigenvalue weighted by atomic mass is 9.88. The number of para-hydroxylation sites is 1. The number of amides is 2. The first-order chi connectivity index (χ1) is 16.1. The number of nitrogens with zero attached hydrogens (tertiary/aromatic N) is 2. The number of aryl methyl sites for hydroxylation is 1. The highest BCUT2D eigenvalue weighted by Crippen LogP contribution is 2.29. The molecule has 0 aliphatic carbocycles. The first kappa shape index (κ1) is 22.4. The minimum Gasteiger partial charge on any atom is -0.325 e. The molecule has 7 heteroatoms. The standard InChI is InChI=1S/C26H24N4O2S/c1-2-24-29-30-26(33-24)28-25(32)20-15-9-10-16-22(20)27-23(31)17-21(18-11-5-3-6-12-18)19-13-7-4-8-14-19/h3-16,21H,2,17H2,1H3,(H,27,31)(H,28,30,32). The van der Waals surface area contributed by atoms with E-state index in [2.05, 4.69) is 20.8 Å². The first-order valence-corrected chi connectivity index (χ1v) is 11.6. The van der Waals surface area contributed by atoms with Crippen LogP contribution < -0.4 is 10.6 Å². The van der Waals surface area contributed by atoms with Crippen molar-refractivity contribution in [2.45, 2.75) is 25.7 Å². The Hall–Kier alpha value is -3.84. The number of hydrogen-bond acceptors (Lipinski definition) is 5. The molecule has 0 aliphatic heterocycles. The average Bonchev–Trinajstić information content (AvgIpc) is 3.31. The van der Waals surface area contributed by atoms with Crippen molar-refractivity contribution in [1.82, 2.24) is 10.2 Å². The third-order valence-corrected chi connectivity index (χ3v) is 6.21. The molecule has 0 fully saturated rings. The van der Waals surface area contributed by atoms with E-state index >= 15 is 0 Å².